The van der Waals surface area contributed by atoms with Gasteiger partial charge in [-0.25, -0.2) is 0 Å². The Morgan fingerprint density at radius 2 is 1.89 bits per heavy atom. The van der Waals surface area contributed by atoms with Crippen LogP contribution in [0.2, 0.25) is 0 Å². The molecule has 0 aliphatic carbocycles. The number of benzene rings is 1. The van der Waals surface area contributed by atoms with Gasteiger partial charge in [0.2, 0.25) is 0 Å². The van der Waals surface area contributed by atoms with Gasteiger partial charge in [-0.15, -0.1) is 24.0 Å². The average Bonchev–Trinajstić information content (AvgIpc) is 3.35. The minimum Gasteiger partial charge on any atom is -0.459 e. The third kappa shape index (κ3) is 5.84. The number of nitrogens with one attached hydrogen (secondary N) is 3. The summed E-state index contributed by atoms with van der Waals surface area (Å²) in [5, 5.41) is 13.4. The Bertz CT molecular complexity index is 903. The predicted molar refractivity (Wildman–Crippen MR) is 119 cm³/mol. The molecule has 28 heavy (non-hydrogen) atoms. The molecule has 0 bridgehead atoms. The van der Waals surface area contributed by atoms with E-state index in [1.54, 1.807) is 25.4 Å². The van der Waals surface area contributed by atoms with Crippen LogP contribution in [0.4, 0.5) is 5.69 Å². The summed E-state index contributed by atoms with van der Waals surface area (Å²) < 4.78 is 6.89. The van der Waals surface area contributed by atoms with E-state index in [0.717, 1.165) is 11.3 Å². The van der Waals surface area contributed by atoms with E-state index < -0.39 is 0 Å². The van der Waals surface area contributed by atoms with Crippen LogP contribution in [0.25, 0.3) is 0 Å². The molecule has 1 aromatic carbocycles. The summed E-state index contributed by atoms with van der Waals surface area (Å²) in [6, 6.07) is 12.8. The van der Waals surface area contributed by atoms with Gasteiger partial charge in [-0.2, -0.15) is 5.10 Å². The van der Waals surface area contributed by atoms with Crippen molar-refractivity contribution in [1.29, 1.82) is 0 Å². The molecule has 0 atom stereocenters. The lowest BCUT2D eigenvalue weighted by atomic mass is 10.2. The minimum atomic E-state index is -0.273. The normalized spacial score (nSPS) is 10.9. The molecular formula is C19H23IN6O2. The Hall–Kier alpha value is -2.82. The first-order chi connectivity index (χ1) is 13.2. The lowest BCUT2D eigenvalue weighted by Gasteiger charge is -2.12. The summed E-state index contributed by atoms with van der Waals surface area (Å²) in [5.74, 6) is 0.709. The summed E-state index contributed by atoms with van der Waals surface area (Å²) >= 11 is 0. The number of guanidine groups is 1. The van der Waals surface area contributed by atoms with Crippen molar-refractivity contribution >= 4 is 41.5 Å². The highest BCUT2D eigenvalue weighted by Gasteiger charge is 2.08. The largest absolute Gasteiger partial charge is 0.459 e. The van der Waals surface area contributed by atoms with Crippen molar-refractivity contribution in [3.63, 3.8) is 0 Å². The maximum atomic E-state index is 12.0. The molecule has 0 aliphatic heterocycles. The smallest absolute Gasteiger partial charge is 0.291 e. The molecule has 3 aromatic rings. The van der Waals surface area contributed by atoms with Gasteiger partial charge in [0.1, 0.15) is 0 Å². The fraction of sp³-hybridized carbons (Fsp3) is 0.211. The first-order valence-corrected chi connectivity index (χ1v) is 8.51. The zero-order chi connectivity index (χ0) is 19.1. The van der Waals surface area contributed by atoms with Crippen LogP contribution in [-0.4, -0.2) is 28.7 Å². The molecule has 1 amide bonds. The van der Waals surface area contributed by atoms with Crippen molar-refractivity contribution in [2.24, 2.45) is 12.0 Å². The molecule has 2 heterocycles. The van der Waals surface area contributed by atoms with Crippen LogP contribution in [0.15, 0.2) is 64.3 Å². The van der Waals surface area contributed by atoms with Crippen molar-refractivity contribution in [3.05, 3.63) is 71.9 Å². The van der Waals surface area contributed by atoms with Crippen LogP contribution < -0.4 is 16.0 Å². The molecule has 0 unspecified atom stereocenters. The molecule has 0 fully saturated rings. The SMILES string of the molecule is CN=C(NCc1ccc(NC(=O)c2ccco2)cc1)NCc1ccnn1C.I. The van der Waals surface area contributed by atoms with Gasteiger partial charge in [-0.05, 0) is 35.9 Å². The van der Waals surface area contributed by atoms with Gasteiger partial charge < -0.3 is 20.4 Å². The molecular weight excluding hydrogens is 471 g/mol. The van der Waals surface area contributed by atoms with Crippen molar-refractivity contribution in [2.45, 2.75) is 13.1 Å². The van der Waals surface area contributed by atoms with Crippen LogP contribution in [0.1, 0.15) is 21.8 Å². The molecule has 9 heteroatoms. The van der Waals surface area contributed by atoms with Gasteiger partial charge in [-0.3, -0.25) is 14.5 Å². The monoisotopic (exact) mass is 494 g/mol. The second-order valence-corrected chi connectivity index (χ2v) is 5.85. The van der Waals surface area contributed by atoms with Crippen molar-refractivity contribution < 1.29 is 9.21 Å². The van der Waals surface area contributed by atoms with Crippen molar-refractivity contribution in [3.8, 4) is 0 Å². The first kappa shape index (κ1) is 21.5. The third-order valence-corrected chi connectivity index (χ3v) is 4.00. The average molecular weight is 494 g/mol. The van der Waals surface area contributed by atoms with Crippen molar-refractivity contribution in [1.82, 2.24) is 20.4 Å². The zero-order valence-corrected chi connectivity index (χ0v) is 18.0. The number of aryl methyl sites for hydroxylation is 1. The minimum absolute atomic E-state index is 0. The molecule has 0 saturated heterocycles. The first-order valence-electron chi connectivity index (χ1n) is 8.51. The second kappa shape index (κ2) is 10.5. The van der Waals surface area contributed by atoms with Crippen LogP contribution >= 0.6 is 24.0 Å². The number of carbonyl (C=O) groups excluding carboxylic acids is 1. The second-order valence-electron chi connectivity index (χ2n) is 5.85. The van der Waals surface area contributed by atoms with Crippen LogP contribution in [-0.2, 0) is 20.1 Å². The lowest BCUT2D eigenvalue weighted by molar-refractivity contribution is 0.0996. The number of furan rings is 1. The van der Waals surface area contributed by atoms with Gasteiger partial charge in [0, 0.05) is 32.5 Å². The number of hydrogen-bond acceptors (Lipinski definition) is 4. The van der Waals surface area contributed by atoms with E-state index in [9.17, 15) is 4.79 Å². The highest BCUT2D eigenvalue weighted by Crippen LogP contribution is 2.11. The number of rotatable bonds is 6. The number of aromatic nitrogens is 2. The highest BCUT2D eigenvalue weighted by molar-refractivity contribution is 14.0. The highest BCUT2D eigenvalue weighted by atomic mass is 127. The maximum Gasteiger partial charge on any atom is 0.291 e. The van der Waals surface area contributed by atoms with E-state index in [2.05, 4.69) is 26.0 Å². The number of nitrogens with zero attached hydrogens (tertiary/aromatic N) is 3. The Balaban J connectivity index is 0.00000280. The fourth-order valence-electron chi connectivity index (χ4n) is 2.46. The number of carbonyl (C=O) groups is 1. The topological polar surface area (TPSA) is 96.5 Å². The number of halogens is 1. The summed E-state index contributed by atoms with van der Waals surface area (Å²) in [6.07, 6.45) is 3.23. The molecule has 8 nitrogen and oxygen atoms in total. The van der Waals surface area contributed by atoms with Gasteiger partial charge in [0.15, 0.2) is 11.7 Å². The van der Waals surface area contributed by atoms with E-state index >= 15 is 0 Å². The van der Waals surface area contributed by atoms with E-state index in [4.69, 9.17) is 4.42 Å². The maximum absolute atomic E-state index is 12.0. The summed E-state index contributed by atoms with van der Waals surface area (Å²) in [6.45, 7) is 1.24. The van der Waals surface area contributed by atoms with Crippen LogP contribution in [0.3, 0.4) is 0 Å². The van der Waals surface area contributed by atoms with E-state index in [0.29, 0.717) is 24.7 Å². The summed E-state index contributed by atoms with van der Waals surface area (Å²) in [4.78, 5) is 16.2. The van der Waals surface area contributed by atoms with Gasteiger partial charge in [0.25, 0.3) is 5.91 Å². The Morgan fingerprint density at radius 3 is 2.50 bits per heavy atom. The molecule has 0 saturated carbocycles. The molecule has 2 aromatic heterocycles. The molecule has 3 N–H and O–H groups in total. The van der Waals surface area contributed by atoms with Crippen molar-refractivity contribution in [2.75, 3.05) is 12.4 Å². The number of hydrogen-bond donors (Lipinski definition) is 3. The third-order valence-electron chi connectivity index (χ3n) is 4.00. The van der Waals surface area contributed by atoms with Gasteiger partial charge in [-0.1, -0.05) is 12.1 Å². The zero-order valence-electron chi connectivity index (χ0n) is 15.7. The lowest BCUT2D eigenvalue weighted by Crippen LogP contribution is -2.36. The van der Waals surface area contributed by atoms with E-state index in [1.165, 1.54) is 6.26 Å². The number of aliphatic imine (C=N–C) groups is 1. The van der Waals surface area contributed by atoms with Gasteiger partial charge >= 0.3 is 0 Å². The number of anilines is 1. The number of amides is 1. The van der Waals surface area contributed by atoms with Gasteiger partial charge in [0.05, 0.1) is 18.5 Å². The molecule has 0 aliphatic rings. The Kier molecular flexibility index (Phi) is 8.05. The Labute approximate surface area is 180 Å². The van der Waals surface area contributed by atoms with Crippen LogP contribution in [0.5, 0.6) is 0 Å². The molecule has 0 radical (unpaired) electrons. The molecule has 0 spiro atoms. The fourth-order valence-corrected chi connectivity index (χ4v) is 2.46. The molecule has 3 rings (SSSR count). The summed E-state index contributed by atoms with van der Waals surface area (Å²) in [5.41, 5.74) is 2.84. The predicted octanol–water partition coefficient (Wildman–Crippen LogP) is 2.75. The van der Waals surface area contributed by atoms with E-state index in [-0.39, 0.29) is 35.6 Å². The van der Waals surface area contributed by atoms with E-state index in [1.807, 2.05) is 42.1 Å². The quantitative estimate of drug-likeness (QED) is 0.278. The van der Waals surface area contributed by atoms with Crippen LogP contribution in [0, 0.1) is 0 Å². The molecule has 148 valence electrons. The standard InChI is InChI=1S/C19H22N6O2.HI/c1-20-19(22-13-16-9-10-23-25(16)2)21-12-14-5-7-15(8-6-14)24-18(26)17-4-3-11-27-17;/h3-11H,12-13H2,1-2H3,(H,24,26)(H2,20,21,22);1H. The Morgan fingerprint density at radius 1 is 1.14 bits per heavy atom. The summed E-state index contributed by atoms with van der Waals surface area (Å²) in [7, 11) is 3.63.